The van der Waals surface area contributed by atoms with Gasteiger partial charge in [-0.25, -0.2) is 0 Å². The van der Waals surface area contributed by atoms with Crippen molar-refractivity contribution in [1.29, 1.82) is 0 Å². The second-order valence-corrected chi connectivity index (χ2v) is 8.28. The average molecular weight is 306 g/mol. The van der Waals surface area contributed by atoms with Crippen LogP contribution in [0.15, 0.2) is 12.1 Å². The number of rotatable bonds is 4. The summed E-state index contributed by atoms with van der Waals surface area (Å²) in [6.45, 7) is 7.47. The first-order valence-electron chi connectivity index (χ1n) is 8.15. The fourth-order valence-electron chi connectivity index (χ4n) is 3.77. The Morgan fingerprint density at radius 1 is 1.38 bits per heavy atom. The molecule has 116 valence electrons. The van der Waals surface area contributed by atoms with Gasteiger partial charge in [-0.2, -0.15) is 0 Å². The third kappa shape index (κ3) is 2.88. The number of carbonyl (C=O) groups excluding carboxylic acids is 1. The van der Waals surface area contributed by atoms with E-state index in [9.17, 15) is 4.79 Å². The number of nitrogens with one attached hydrogen (secondary N) is 1. The fourth-order valence-corrected chi connectivity index (χ4v) is 4.73. The molecule has 21 heavy (non-hydrogen) atoms. The van der Waals surface area contributed by atoms with Crippen molar-refractivity contribution < 1.29 is 4.79 Å². The SMILES string of the molecule is CCC1NC(c2ccc(C)s2)N(CC2(C)CCCC2)C1=O. The molecule has 4 heteroatoms. The van der Waals surface area contributed by atoms with Gasteiger partial charge in [0.2, 0.25) is 5.91 Å². The predicted octanol–water partition coefficient (Wildman–Crippen LogP) is 3.85. The van der Waals surface area contributed by atoms with Crippen LogP contribution in [-0.4, -0.2) is 23.4 Å². The molecule has 0 aromatic carbocycles. The third-order valence-corrected chi connectivity index (χ3v) is 6.11. The first-order chi connectivity index (χ1) is 10.0. The van der Waals surface area contributed by atoms with Crippen LogP contribution in [-0.2, 0) is 4.79 Å². The van der Waals surface area contributed by atoms with E-state index in [1.807, 2.05) is 0 Å². The maximum atomic E-state index is 12.7. The molecule has 1 aliphatic carbocycles. The molecule has 1 saturated heterocycles. The molecule has 0 spiro atoms. The Labute approximate surface area is 131 Å². The minimum Gasteiger partial charge on any atom is -0.320 e. The van der Waals surface area contributed by atoms with Crippen molar-refractivity contribution in [3.8, 4) is 0 Å². The van der Waals surface area contributed by atoms with Crippen LogP contribution in [0.3, 0.4) is 0 Å². The Kier molecular flexibility index (Phi) is 4.10. The molecular weight excluding hydrogens is 280 g/mol. The summed E-state index contributed by atoms with van der Waals surface area (Å²) in [5.74, 6) is 0.293. The highest BCUT2D eigenvalue weighted by Gasteiger charge is 2.43. The molecule has 1 aromatic rings. The van der Waals surface area contributed by atoms with E-state index in [1.165, 1.54) is 35.4 Å². The van der Waals surface area contributed by atoms with Gasteiger partial charge in [-0.3, -0.25) is 10.1 Å². The quantitative estimate of drug-likeness (QED) is 0.916. The molecule has 3 rings (SSSR count). The molecule has 1 aliphatic heterocycles. The van der Waals surface area contributed by atoms with Crippen molar-refractivity contribution in [1.82, 2.24) is 10.2 Å². The fraction of sp³-hybridized carbons (Fsp3) is 0.706. The summed E-state index contributed by atoms with van der Waals surface area (Å²) in [5.41, 5.74) is 0.310. The second-order valence-electron chi connectivity index (χ2n) is 6.96. The van der Waals surface area contributed by atoms with Crippen LogP contribution >= 0.6 is 11.3 Å². The van der Waals surface area contributed by atoms with E-state index in [0.717, 1.165) is 13.0 Å². The highest BCUT2D eigenvalue weighted by Crippen LogP contribution is 2.41. The number of aryl methyl sites for hydroxylation is 1. The van der Waals surface area contributed by atoms with Crippen LogP contribution in [0, 0.1) is 12.3 Å². The van der Waals surface area contributed by atoms with Crippen LogP contribution in [0.4, 0.5) is 0 Å². The van der Waals surface area contributed by atoms with Crippen LogP contribution in [0.2, 0.25) is 0 Å². The molecule has 1 aromatic heterocycles. The Hall–Kier alpha value is -0.870. The van der Waals surface area contributed by atoms with Crippen LogP contribution in [0.25, 0.3) is 0 Å². The molecule has 1 amide bonds. The largest absolute Gasteiger partial charge is 0.320 e. The summed E-state index contributed by atoms with van der Waals surface area (Å²) in [6.07, 6.45) is 6.08. The molecular formula is C17H26N2OS. The van der Waals surface area contributed by atoms with Crippen molar-refractivity contribution in [3.05, 3.63) is 21.9 Å². The summed E-state index contributed by atoms with van der Waals surface area (Å²) in [4.78, 5) is 17.4. The van der Waals surface area contributed by atoms with Crippen molar-refractivity contribution in [2.24, 2.45) is 5.41 Å². The van der Waals surface area contributed by atoms with Gasteiger partial charge in [0, 0.05) is 16.3 Å². The summed E-state index contributed by atoms with van der Waals surface area (Å²) in [5, 5.41) is 3.55. The van der Waals surface area contributed by atoms with Crippen LogP contribution in [0.1, 0.15) is 61.9 Å². The lowest BCUT2D eigenvalue weighted by atomic mass is 9.88. The van der Waals surface area contributed by atoms with Gasteiger partial charge >= 0.3 is 0 Å². The van der Waals surface area contributed by atoms with E-state index in [-0.39, 0.29) is 12.2 Å². The lowest BCUT2D eigenvalue weighted by molar-refractivity contribution is -0.131. The Balaban J connectivity index is 1.84. The normalized spacial score (nSPS) is 28.5. The zero-order valence-corrected chi connectivity index (χ0v) is 14.1. The number of nitrogens with zero attached hydrogens (tertiary/aromatic N) is 1. The summed E-state index contributed by atoms with van der Waals surface area (Å²) >= 11 is 1.80. The number of hydrogen-bond acceptors (Lipinski definition) is 3. The monoisotopic (exact) mass is 306 g/mol. The zero-order chi connectivity index (χ0) is 15.0. The highest BCUT2D eigenvalue weighted by molar-refractivity contribution is 7.12. The van der Waals surface area contributed by atoms with E-state index in [4.69, 9.17) is 0 Å². The number of hydrogen-bond donors (Lipinski definition) is 1. The first-order valence-corrected chi connectivity index (χ1v) is 8.97. The summed E-state index contributed by atoms with van der Waals surface area (Å²) in [7, 11) is 0. The van der Waals surface area contributed by atoms with E-state index < -0.39 is 0 Å². The molecule has 0 bridgehead atoms. The minimum atomic E-state index is -0.0117. The van der Waals surface area contributed by atoms with Gasteiger partial charge in [0.1, 0.15) is 6.17 Å². The van der Waals surface area contributed by atoms with E-state index in [0.29, 0.717) is 11.3 Å². The smallest absolute Gasteiger partial charge is 0.241 e. The van der Waals surface area contributed by atoms with Gasteiger partial charge in [-0.05, 0) is 43.7 Å². The topological polar surface area (TPSA) is 32.3 Å². The van der Waals surface area contributed by atoms with Crippen LogP contribution in [0.5, 0.6) is 0 Å². The molecule has 1 saturated carbocycles. The molecule has 2 heterocycles. The zero-order valence-electron chi connectivity index (χ0n) is 13.3. The molecule has 2 unspecified atom stereocenters. The first kappa shape index (κ1) is 15.0. The Bertz CT molecular complexity index is 519. The second kappa shape index (κ2) is 5.73. The van der Waals surface area contributed by atoms with Gasteiger partial charge in [-0.1, -0.05) is 26.7 Å². The molecule has 2 aliphatic rings. The molecule has 2 fully saturated rings. The number of thiophene rings is 1. The molecule has 2 atom stereocenters. The van der Waals surface area contributed by atoms with E-state index >= 15 is 0 Å². The lowest BCUT2D eigenvalue weighted by Gasteiger charge is -2.33. The maximum absolute atomic E-state index is 12.7. The molecule has 0 radical (unpaired) electrons. The Morgan fingerprint density at radius 2 is 2.10 bits per heavy atom. The predicted molar refractivity (Wildman–Crippen MR) is 87.3 cm³/mol. The van der Waals surface area contributed by atoms with Gasteiger partial charge < -0.3 is 4.90 Å². The minimum absolute atomic E-state index is 0.0117. The van der Waals surface area contributed by atoms with E-state index in [2.05, 4.69) is 43.1 Å². The third-order valence-electron chi connectivity index (χ3n) is 5.05. The van der Waals surface area contributed by atoms with Crippen molar-refractivity contribution in [3.63, 3.8) is 0 Å². The van der Waals surface area contributed by atoms with Crippen molar-refractivity contribution in [2.75, 3.05) is 6.54 Å². The maximum Gasteiger partial charge on any atom is 0.241 e. The van der Waals surface area contributed by atoms with Crippen molar-refractivity contribution >= 4 is 17.2 Å². The Morgan fingerprint density at radius 3 is 2.67 bits per heavy atom. The molecule has 1 N–H and O–H groups in total. The number of amides is 1. The van der Waals surface area contributed by atoms with Gasteiger partial charge in [-0.15, -0.1) is 11.3 Å². The van der Waals surface area contributed by atoms with E-state index in [1.54, 1.807) is 11.3 Å². The average Bonchev–Trinajstić information content (AvgIpc) is 3.13. The summed E-state index contributed by atoms with van der Waals surface area (Å²) < 4.78 is 0. The molecule has 3 nitrogen and oxygen atoms in total. The summed E-state index contributed by atoms with van der Waals surface area (Å²) in [6, 6.07) is 4.32. The standard InChI is InChI=1S/C17H26N2OS/c1-4-13-16(20)19(11-17(3)9-5-6-10-17)15(18-13)14-8-7-12(2)21-14/h7-8,13,15,18H,4-6,9-11H2,1-3H3. The van der Waals surface area contributed by atoms with Gasteiger partial charge in [0.15, 0.2) is 0 Å². The van der Waals surface area contributed by atoms with Gasteiger partial charge in [0.05, 0.1) is 6.04 Å². The number of carbonyl (C=O) groups is 1. The van der Waals surface area contributed by atoms with Gasteiger partial charge in [0.25, 0.3) is 0 Å². The lowest BCUT2D eigenvalue weighted by Crippen LogP contribution is -2.38. The van der Waals surface area contributed by atoms with Crippen LogP contribution < -0.4 is 5.32 Å². The van der Waals surface area contributed by atoms with Crippen molar-refractivity contribution in [2.45, 2.75) is 65.1 Å². The highest BCUT2D eigenvalue weighted by atomic mass is 32.1.